The first-order valence-corrected chi connectivity index (χ1v) is 11.0. The topological polar surface area (TPSA) is 105 Å². The maximum absolute atomic E-state index is 14.4. The number of fused-ring (bicyclic) bond motifs is 1. The molecular weight excluding hydrogens is 360 g/mol. The predicted molar refractivity (Wildman–Crippen MR) is 96.6 cm³/mol. The second-order valence-corrected chi connectivity index (χ2v) is 10.00. The molecule has 0 saturated heterocycles. The molecule has 4 atom stereocenters. The zero-order chi connectivity index (χ0) is 18.9. The molecule has 142 valence electrons. The number of nitrogens with zero attached hydrogens (tertiary/aromatic N) is 4. The van der Waals surface area contributed by atoms with Crippen molar-refractivity contribution in [3.63, 3.8) is 0 Å². The highest BCUT2D eigenvalue weighted by Gasteiger charge is 2.32. The van der Waals surface area contributed by atoms with E-state index < -0.39 is 25.5 Å². The van der Waals surface area contributed by atoms with Gasteiger partial charge in [0.1, 0.15) is 25.3 Å². The summed E-state index contributed by atoms with van der Waals surface area (Å²) in [7, 11) is -2.47. The molecule has 2 aromatic rings. The average Bonchev–Trinajstić information content (AvgIpc) is 3.16. The van der Waals surface area contributed by atoms with Crippen LogP contribution < -0.4 is 5.73 Å². The third kappa shape index (κ3) is 3.95. The van der Waals surface area contributed by atoms with Crippen LogP contribution in [0, 0.1) is 5.92 Å². The number of hydrogen-bond acceptors (Lipinski definition) is 7. The molecule has 0 spiro atoms. The van der Waals surface area contributed by atoms with E-state index in [2.05, 4.69) is 28.8 Å². The fraction of sp³-hybridized carbons (Fsp3) is 0.562. The highest BCUT2D eigenvalue weighted by Crippen LogP contribution is 2.44. The number of rotatable bonds is 7. The van der Waals surface area contributed by atoms with Gasteiger partial charge in [-0.1, -0.05) is 20.3 Å². The lowest BCUT2D eigenvalue weighted by atomic mass is 10.2. The maximum atomic E-state index is 14.4. The molecule has 2 N–H and O–H groups in total. The van der Waals surface area contributed by atoms with Gasteiger partial charge in [-0.05, 0) is 12.6 Å². The monoisotopic (exact) mass is 383 g/mol. The summed E-state index contributed by atoms with van der Waals surface area (Å²) in [5.41, 5.74) is 6.49. The molecule has 26 heavy (non-hydrogen) atoms. The minimum Gasteiger partial charge on any atom is -0.382 e. The van der Waals surface area contributed by atoms with Crippen molar-refractivity contribution >= 4 is 24.1 Å². The van der Waals surface area contributed by atoms with Gasteiger partial charge in [0.25, 0.3) is 0 Å². The van der Waals surface area contributed by atoms with Gasteiger partial charge < -0.3 is 19.8 Å². The summed E-state index contributed by atoms with van der Waals surface area (Å²) in [6.45, 7) is 5.81. The molecule has 3 rings (SSSR count). The first-order valence-electron chi connectivity index (χ1n) is 8.43. The molecule has 0 fully saturated rings. The Labute approximate surface area is 151 Å². The zero-order valence-corrected chi connectivity index (χ0v) is 15.9. The fourth-order valence-corrected chi connectivity index (χ4v) is 4.99. The molecule has 0 aromatic carbocycles. The first kappa shape index (κ1) is 18.9. The van der Waals surface area contributed by atoms with Crippen molar-refractivity contribution in [2.75, 3.05) is 24.9 Å². The van der Waals surface area contributed by atoms with Crippen molar-refractivity contribution in [3.8, 4) is 0 Å². The summed E-state index contributed by atoms with van der Waals surface area (Å²) < 4.78 is 39.6. The Morgan fingerprint density at radius 2 is 2.23 bits per heavy atom. The van der Waals surface area contributed by atoms with Crippen molar-refractivity contribution in [1.82, 2.24) is 19.5 Å². The Balaban J connectivity index is 1.68. The Bertz CT molecular complexity index is 871. The van der Waals surface area contributed by atoms with E-state index in [9.17, 15) is 8.96 Å². The van der Waals surface area contributed by atoms with Gasteiger partial charge in [-0.2, -0.15) is 0 Å². The van der Waals surface area contributed by atoms with Gasteiger partial charge in [0, 0.05) is 12.2 Å². The maximum Gasteiger partial charge on any atom is 0.192 e. The Morgan fingerprint density at radius 1 is 1.46 bits per heavy atom. The van der Waals surface area contributed by atoms with E-state index in [0.717, 1.165) is 6.42 Å². The van der Waals surface area contributed by atoms with Crippen molar-refractivity contribution in [3.05, 3.63) is 24.6 Å². The van der Waals surface area contributed by atoms with E-state index >= 15 is 0 Å². The molecule has 2 aromatic heterocycles. The van der Waals surface area contributed by atoms with Gasteiger partial charge >= 0.3 is 0 Å². The van der Waals surface area contributed by atoms with Gasteiger partial charge in [0.05, 0.1) is 6.33 Å². The fourth-order valence-electron chi connectivity index (χ4n) is 2.84. The van der Waals surface area contributed by atoms with Crippen LogP contribution in [0.2, 0.25) is 0 Å². The Morgan fingerprint density at radius 3 is 2.96 bits per heavy atom. The van der Waals surface area contributed by atoms with Crippen LogP contribution in [0.15, 0.2) is 24.6 Å². The van der Waals surface area contributed by atoms with Gasteiger partial charge in [-0.25, -0.2) is 19.3 Å². The minimum absolute atomic E-state index is 0.0400. The number of halogens is 1. The van der Waals surface area contributed by atoms with E-state index in [-0.39, 0.29) is 12.2 Å². The molecule has 0 aliphatic carbocycles. The largest absolute Gasteiger partial charge is 0.382 e. The molecule has 0 radical (unpaired) electrons. The SMILES string of the molecule is CCC(C)CP(C)(=O)CO[C@@H]1C=C(F)[C@H](n2cnc3c(N)ncnc32)O1. The number of nitrogens with two attached hydrogens (primary N) is 1. The summed E-state index contributed by atoms with van der Waals surface area (Å²) in [6.07, 6.45) is 3.52. The quantitative estimate of drug-likeness (QED) is 0.732. The highest BCUT2D eigenvalue weighted by molar-refractivity contribution is 7.62. The van der Waals surface area contributed by atoms with E-state index in [4.69, 9.17) is 15.2 Å². The van der Waals surface area contributed by atoms with E-state index in [1.165, 1.54) is 23.3 Å². The smallest absolute Gasteiger partial charge is 0.192 e. The first-order chi connectivity index (χ1) is 12.3. The normalized spacial score (nSPS) is 23.8. The van der Waals surface area contributed by atoms with Crippen molar-refractivity contribution in [2.45, 2.75) is 32.8 Å². The molecule has 8 nitrogen and oxygen atoms in total. The van der Waals surface area contributed by atoms with Gasteiger partial charge in [0.2, 0.25) is 0 Å². The summed E-state index contributed by atoms with van der Waals surface area (Å²) in [4.78, 5) is 12.0. The third-order valence-electron chi connectivity index (χ3n) is 4.34. The molecular formula is C16H23FN5O3P. The highest BCUT2D eigenvalue weighted by atomic mass is 31.2. The summed E-state index contributed by atoms with van der Waals surface area (Å²) >= 11 is 0. The Kier molecular flexibility index (Phi) is 5.41. The number of nitrogen functional groups attached to an aromatic ring is 1. The second kappa shape index (κ2) is 7.42. The molecule has 1 aliphatic rings. The van der Waals surface area contributed by atoms with Crippen LogP contribution in [0.4, 0.5) is 10.2 Å². The van der Waals surface area contributed by atoms with E-state index in [1.54, 1.807) is 6.66 Å². The number of hydrogen-bond donors (Lipinski definition) is 1. The van der Waals surface area contributed by atoms with E-state index in [0.29, 0.717) is 23.2 Å². The van der Waals surface area contributed by atoms with Gasteiger partial charge in [-0.15, -0.1) is 0 Å². The van der Waals surface area contributed by atoms with Crippen LogP contribution in [0.3, 0.4) is 0 Å². The van der Waals surface area contributed by atoms with Crippen LogP contribution >= 0.6 is 7.14 Å². The van der Waals surface area contributed by atoms with Crippen LogP contribution in [0.1, 0.15) is 26.5 Å². The van der Waals surface area contributed by atoms with E-state index in [1.807, 2.05) is 0 Å². The molecule has 3 heterocycles. The minimum atomic E-state index is -2.47. The number of aromatic nitrogens is 4. The lowest BCUT2D eigenvalue weighted by Crippen LogP contribution is -2.17. The summed E-state index contributed by atoms with van der Waals surface area (Å²) in [6, 6.07) is 0. The van der Waals surface area contributed by atoms with Crippen molar-refractivity contribution in [1.29, 1.82) is 0 Å². The molecule has 10 heteroatoms. The summed E-state index contributed by atoms with van der Waals surface area (Å²) in [5, 5.41) is 0. The van der Waals surface area contributed by atoms with Crippen LogP contribution in [0.5, 0.6) is 0 Å². The molecule has 0 amide bonds. The molecule has 0 saturated carbocycles. The summed E-state index contributed by atoms with van der Waals surface area (Å²) in [5.74, 6) is 0.0293. The average molecular weight is 383 g/mol. The molecule has 2 unspecified atom stereocenters. The molecule has 1 aliphatic heterocycles. The predicted octanol–water partition coefficient (Wildman–Crippen LogP) is 3.13. The number of anilines is 1. The van der Waals surface area contributed by atoms with Crippen molar-refractivity contribution < 1.29 is 18.4 Å². The van der Waals surface area contributed by atoms with Crippen molar-refractivity contribution in [2.24, 2.45) is 5.92 Å². The third-order valence-corrected chi connectivity index (χ3v) is 6.43. The van der Waals surface area contributed by atoms with Crippen LogP contribution in [-0.4, -0.2) is 45.0 Å². The van der Waals surface area contributed by atoms with Gasteiger partial charge in [-0.3, -0.25) is 4.57 Å². The number of ether oxygens (including phenoxy) is 2. The Hall–Kier alpha value is -1.83. The van der Waals surface area contributed by atoms with Crippen LogP contribution in [-0.2, 0) is 14.0 Å². The van der Waals surface area contributed by atoms with Gasteiger partial charge in [0.15, 0.2) is 29.8 Å². The number of imidazole rings is 1. The standard InChI is InChI=1S/C16H23FN5O3P/c1-4-10(2)6-26(3,23)9-24-12-5-11(17)16(25-12)22-8-21-13-14(18)19-7-20-15(13)22/h5,7-8,10,12,16H,4,6,9H2,1-3H3,(H2,18,19,20)/t10?,12-,16+,26?/m0/s1. The lowest BCUT2D eigenvalue weighted by Gasteiger charge is -2.20. The lowest BCUT2D eigenvalue weighted by molar-refractivity contribution is -0.128. The van der Waals surface area contributed by atoms with Crippen LogP contribution in [0.25, 0.3) is 11.2 Å². The molecule has 0 bridgehead atoms. The zero-order valence-electron chi connectivity index (χ0n) is 15.0. The second-order valence-electron chi connectivity index (χ2n) is 6.78.